The van der Waals surface area contributed by atoms with Crippen LogP contribution in [0.4, 0.5) is 10.1 Å². The summed E-state index contributed by atoms with van der Waals surface area (Å²) in [6, 6.07) is 5.67. The predicted molar refractivity (Wildman–Crippen MR) is 76.3 cm³/mol. The summed E-state index contributed by atoms with van der Waals surface area (Å²) in [5.41, 5.74) is -0.242. The zero-order chi connectivity index (χ0) is 17.4. The maximum absolute atomic E-state index is 13.3. The van der Waals surface area contributed by atoms with Crippen molar-refractivity contribution in [2.45, 2.75) is 0 Å². The standard InChI is InChI=1S/C14H8FN3O6/c15-13-5-7(1-2-17(13)21)12-6-9(16-24-12)8-3-10(18(22)23)14(20)11(19)4-8/h1-6,19-20H. The van der Waals surface area contributed by atoms with Crippen molar-refractivity contribution in [2.75, 3.05) is 0 Å². The summed E-state index contributed by atoms with van der Waals surface area (Å²) in [4.78, 5) is 10.0. The fourth-order valence-electron chi connectivity index (χ4n) is 2.05. The second-order valence-electron chi connectivity index (χ2n) is 4.76. The number of nitrogens with zero attached hydrogens (tertiary/aromatic N) is 3. The van der Waals surface area contributed by atoms with Crippen LogP contribution in [0.3, 0.4) is 0 Å². The first-order valence-electron chi connectivity index (χ1n) is 6.43. The topological polar surface area (TPSA) is 137 Å². The molecule has 0 amide bonds. The summed E-state index contributed by atoms with van der Waals surface area (Å²) in [6.07, 6.45) is 0.948. The number of rotatable bonds is 3. The van der Waals surface area contributed by atoms with Crippen LogP contribution in [0.1, 0.15) is 0 Å². The van der Waals surface area contributed by atoms with Gasteiger partial charge in [0, 0.05) is 29.3 Å². The number of halogens is 1. The first-order chi connectivity index (χ1) is 11.4. The lowest BCUT2D eigenvalue weighted by molar-refractivity contribution is -0.637. The number of phenols is 2. The molecule has 0 unspecified atom stereocenters. The second-order valence-corrected chi connectivity index (χ2v) is 4.76. The number of nitro groups is 1. The third kappa shape index (κ3) is 2.56. The highest BCUT2D eigenvalue weighted by atomic mass is 19.1. The quantitative estimate of drug-likeness (QED) is 0.187. The Balaban J connectivity index is 2.05. The van der Waals surface area contributed by atoms with E-state index in [-0.39, 0.29) is 27.3 Å². The maximum Gasteiger partial charge on any atom is 0.371 e. The van der Waals surface area contributed by atoms with E-state index in [9.17, 15) is 29.9 Å². The molecule has 0 saturated carbocycles. The van der Waals surface area contributed by atoms with Gasteiger partial charge in [-0.1, -0.05) is 5.16 Å². The molecule has 2 heterocycles. The van der Waals surface area contributed by atoms with Crippen LogP contribution in [-0.2, 0) is 0 Å². The molecule has 0 spiro atoms. The molecule has 3 aromatic rings. The Morgan fingerprint density at radius 1 is 1.21 bits per heavy atom. The monoisotopic (exact) mass is 333 g/mol. The van der Waals surface area contributed by atoms with Crippen molar-refractivity contribution >= 4 is 5.69 Å². The van der Waals surface area contributed by atoms with Gasteiger partial charge in [0.25, 0.3) is 0 Å². The predicted octanol–water partition coefficient (Wildman–Crippen LogP) is 2.10. The highest BCUT2D eigenvalue weighted by Gasteiger charge is 2.21. The third-order valence-electron chi connectivity index (χ3n) is 3.23. The van der Waals surface area contributed by atoms with Crippen LogP contribution < -0.4 is 4.73 Å². The molecule has 0 bridgehead atoms. The third-order valence-corrected chi connectivity index (χ3v) is 3.23. The van der Waals surface area contributed by atoms with E-state index in [4.69, 9.17) is 4.52 Å². The minimum absolute atomic E-state index is 0.0299. The molecule has 1 aromatic carbocycles. The summed E-state index contributed by atoms with van der Waals surface area (Å²) in [6.45, 7) is 0. The maximum atomic E-state index is 13.3. The molecule has 0 radical (unpaired) electrons. The van der Waals surface area contributed by atoms with Crippen molar-refractivity contribution in [3.8, 4) is 34.1 Å². The summed E-state index contributed by atoms with van der Waals surface area (Å²) < 4.78 is 18.3. The van der Waals surface area contributed by atoms with Gasteiger partial charge >= 0.3 is 11.6 Å². The van der Waals surface area contributed by atoms with Gasteiger partial charge in [0.15, 0.2) is 17.7 Å². The molecular weight excluding hydrogens is 325 g/mol. The molecule has 24 heavy (non-hydrogen) atoms. The molecule has 0 aliphatic heterocycles. The van der Waals surface area contributed by atoms with Gasteiger partial charge in [0.1, 0.15) is 5.69 Å². The minimum atomic E-state index is -1.04. The first-order valence-corrected chi connectivity index (χ1v) is 6.43. The lowest BCUT2D eigenvalue weighted by Crippen LogP contribution is -2.29. The van der Waals surface area contributed by atoms with E-state index >= 15 is 0 Å². The Kier molecular flexibility index (Phi) is 3.49. The van der Waals surface area contributed by atoms with E-state index in [0.29, 0.717) is 0 Å². The fraction of sp³-hybridized carbons (Fsp3) is 0. The summed E-state index contributed by atoms with van der Waals surface area (Å²) >= 11 is 0. The second kappa shape index (κ2) is 5.50. The van der Waals surface area contributed by atoms with E-state index < -0.39 is 28.1 Å². The summed E-state index contributed by atoms with van der Waals surface area (Å²) in [5, 5.41) is 44.6. The summed E-state index contributed by atoms with van der Waals surface area (Å²) in [7, 11) is 0. The molecule has 0 saturated heterocycles. The van der Waals surface area contributed by atoms with E-state index in [1.807, 2.05) is 0 Å². The Morgan fingerprint density at radius 3 is 2.62 bits per heavy atom. The normalized spacial score (nSPS) is 10.7. The van der Waals surface area contributed by atoms with Crippen molar-refractivity contribution in [2.24, 2.45) is 0 Å². The molecule has 0 aliphatic rings. The molecule has 9 nitrogen and oxygen atoms in total. The molecule has 3 rings (SSSR count). The zero-order valence-corrected chi connectivity index (χ0v) is 11.7. The summed E-state index contributed by atoms with van der Waals surface area (Å²) in [5.74, 6) is -2.48. The lowest BCUT2D eigenvalue weighted by Gasteiger charge is -2.01. The number of phenolic OH excluding ortho intramolecular Hbond substituents is 2. The van der Waals surface area contributed by atoms with Crippen LogP contribution in [0.15, 0.2) is 41.1 Å². The van der Waals surface area contributed by atoms with E-state index in [2.05, 4.69) is 5.16 Å². The van der Waals surface area contributed by atoms with Crippen LogP contribution in [-0.4, -0.2) is 20.3 Å². The van der Waals surface area contributed by atoms with Crippen LogP contribution in [0.5, 0.6) is 11.5 Å². The number of hydrogen-bond acceptors (Lipinski definition) is 7. The highest BCUT2D eigenvalue weighted by molar-refractivity contribution is 5.72. The molecule has 0 aliphatic carbocycles. The number of pyridine rings is 1. The highest BCUT2D eigenvalue weighted by Crippen LogP contribution is 2.39. The smallest absolute Gasteiger partial charge is 0.371 e. The Morgan fingerprint density at radius 2 is 1.96 bits per heavy atom. The molecule has 2 N–H and O–H groups in total. The molecular formula is C14H8FN3O6. The van der Waals surface area contributed by atoms with Crippen molar-refractivity contribution in [3.05, 3.63) is 57.8 Å². The number of aromatic nitrogens is 2. The van der Waals surface area contributed by atoms with Crippen LogP contribution in [0, 0.1) is 21.3 Å². The molecule has 0 fully saturated rings. The van der Waals surface area contributed by atoms with Gasteiger partial charge in [0.2, 0.25) is 5.75 Å². The van der Waals surface area contributed by atoms with E-state index in [0.717, 1.165) is 24.4 Å². The number of aromatic hydroxyl groups is 2. The average molecular weight is 333 g/mol. The van der Waals surface area contributed by atoms with Crippen molar-refractivity contribution in [1.29, 1.82) is 0 Å². The van der Waals surface area contributed by atoms with Crippen LogP contribution in [0.2, 0.25) is 0 Å². The van der Waals surface area contributed by atoms with Gasteiger partial charge in [-0.15, -0.1) is 9.12 Å². The fourth-order valence-corrected chi connectivity index (χ4v) is 2.05. The van der Waals surface area contributed by atoms with Gasteiger partial charge in [-0.25, -0.2) is 0 Å². The number of nitro benzene ring substituents is 1. The van der Waals surface area contributed by atoms with Gasteiger partial charge in [0.05, 0.1) is 11.0 Å². The molecule has 10 heteroatoms. The zero-order valence-electron chi connectivity index (χ0n) is 11.7. The van der Waals surface area contributed by atoms with Crippen molar-refractivity contribution < 1.29 is 28.8 Å². The van der Waals surface area contributed by atoms with Gasteiger partial charge in [-0.3, -0.25) is 10.1 Å². The molecule has 122 valence electrons. The SMILES string of the molecule is O=[N+]([O-])c1cc(-c2cc(-c3cc[n+]([O-])c(F)c3)on2)cc(O)c1O. The number of benzene rings is 1. The van der Waals surface area contributed by atoms with Gasteiger partial charge < -0.3 is 19.9 Å². The van der Waals surface area contributed by atoms with Crippen molar-refractivity contribution in [1.82, 2.24) is 5.16 Å². The molecule has 2 aromatic heterocycles. The van der Waals surface area contributed by atoms with E-state index in [1.165, 1.54) is 12.1 Å². The Bertz CT molecular complexity index is 956. The van der Waals surface area contributed by atoms with Crippen LogP contribution in [0.25, 0.3) is 22.6 Å². The largest absolute Gasteiger partial charge is 0.617 e. The van der Waals surface area contributed by atoms with Crippen molar-refractivity contribution in [3.63, 3.8) is 0 Å². The Labute approximate surface area is 132 Å². The number of hydrogen-bond donors (Lipinski definition) is 2. The lowest BCUT2D eigenvalue weighted by atomic mass is 10.1. The minimum Gasteiger partial charge on any atom is -0.617 e. The molecule has 0 atom stereocenters. The first kappa shape index (κ1) is 15.2. The Hall–Kier alpha value is -3.69. The average Bonchev–Trinajstić information content (AvgIpc) is 3.02. The van der Waals surface area contributed by atoms with Gasteiger partial charge in [-0.2, -0.15) is 0 Å². The van der Waals surface area contributed by atoms with Crippen LogP contribution >= 0.6 is 0 Å². The van der Waals surface area contributed by atoms with Gasteiger partial charge in [-0.05, 0) is 6.07 Å². The van der Waals surface area contributed by atoms with E-state index in [1.54, 1.807) is 0 Å².